The Morgan fingerprint density at radius 2 is 1.62 bits per heavy atom. The second kappa shape index (κ2) is 10.5. The molecule has 2 aromatic rings. The highest BCUT2D eigenvalue weighted by Gasteiger charge is 2.29. The van der Waals surface area contributed by atoms with Crippen LogP contribution in [0.15, 0.2) is 66.1 Å². The average Bonchev–Trinajstić information content (AvgIpc) is 2.82. The summed E-state index contributed by atoms with van der Waals surface area (Å²) in [5.41, 5.74) is 2.69. The van der Waals surface area contributed by atoms with Crippen LogP contribution in [0.25, 0.3) is 0 Å². The van der Waals surface area contributed by atoms with Crippen LogP contribution in [0.3, 0.4) is 0 Å². The molecule has 2 N–H and O–H groups in total. The number of nitrogens with one attached hydrogen (secondary N) is 2. The lowest BCUT2D eigenvalue weighted by molar-refractivity contribution is -0.117. The van der Waals surface area contributed by atoms with Gasteiger partial charge in [0.1, 0.15) is 0 Å². The van der Waals surface area contributed by atoms with Crippen LogP contribution < -0.4 is 10.6 Å². The Morgan fingerprint density at radius 3 is 2.15 bits per heavy atom. The van der Waals surface area contributed by atoms with Gasteiger partial charge >= 0.3 is 0 Å². The molecule has 1 aliphatic rings. The molecule has 0 bridgehead atoms. The van der Waals surface area contributed by atoms with Crippen LogP contribution in [-0.4, -0.2) is 43.7 Å². The Kier molecular flexibility index (Phi) is 7.94. The fourth-order valence-corrected chi connectivity index (χ4v) is 5.30. The largest absolute Gasteiger partial charge is 0.350 e. The summed E-state index contributed by atoms with van der Waals surface area (Å²) in [4.78, 5) is 24.1. The van der Waals surface area contributed by atoms with Crippen molar-refractivity contribution in [2.75, 3.05) is 13.1 Å². The van der Waals surface area contributed by atoms with Crippen LogP contribution >= 0.6 is 0 Å². The van der Waals surface area contributed by atoms with Gasteiger partial charge < -0.3 is 10.6 Å². The minimum absolute atomic E-state index is 0.0623. The van der Waals surface area contributed by atoms with Gasteiger partial charge in [-0.25, -0.2) is 8.42 Å². The molecule has 1 fully saturated rings. The van der Waals surface area contributed by atoms with E-state index >= 15 is 0 Å². The van der Waals surface area contributed by atoms with Crippen LogP contribution in [0.5, 0.6) is 0 Å². The van der Waals surface area contributed by atoms with E-state index in [1.807, 2.05) is 12.1 Å². The molecule has 0 spiro atoms. The predicted molar refractivity (Wildman–Crippen MR) is 133 cm³/mol. The number of hydrogen-bond donors (Lipinski definition) is 2. The van der Waals surface area contributed by atoms with E-state index in [1.165, 1.54) is 40.2 Å². The number of piperidine rings is 1. The highest BCUT2D eigenvalue weighted by atomic mass is 32.2. The number of carbonyl (C=O) groups excluding carboxylic acids is 2. The van der Waals surface area contributed by atoms with Gasteiger partial charge in [0, 0.05) is 31.2 Å². The fraction of sp³-hybridized carbons (Fsp3) is 0.385. The minimum Gasteiger partial charge on any atom is -0.350 e. The number of benzene rings is 2. The van der Waals surface area contributed by atoms with Gasteiger partial charge in [-0.05, 0) is 59.7 Å². The van der Waals surface area contributed by atoms with E-state index in [2.05, 4.69) is 50.1 Å². The van der Waals surface area contributed by atoms with E-state index in [1.54, 1.807) is 0 Å². The second-order valence-corrected chi connectivity index (χ2v) is 11.5. The molecule has 0 unspecified atom stereocenters. The number of sulfonamides is 1. The van der Waals surface area contributed by atoms with E-state index in [0.717, 1.165) is 5.56 Å². The van der Waals surface area contributed by atoms with Gasteiger partial charge in [-0.15, -0.1) is 0 Å². The summed E-state index contributed by atoms with van der Waals surface area (Å²) < 4.78 is 27.4. The Bertz CT molecular complexity index is 1130. The zero-order chi connectivity index (χ0) is 24.9. The van der Waals surface area contributed by atoms with Crippen molar-refractivity contribution in [1.82, 2.24) is 14.9 Å². The molecule has 0 aliphatic carbocycles. The lowest BCUT2D eigenvalue weighted by Crippen LogP contribution is -2.46. The molecule has 7 nitrogen and oxygen atoms in total. The maximum Gasteiger partial charge on any atom is 0.251 e. The SMILES string of the molecule is C=CC(=O)NC1CCN(S(=O)(=O)c2ccc(C(=O)NCc3ccc(C(C)(C)C)cc3)cc2)CC1. The molecule has 1 heterocycles. The van der Waals surface area contributed by atoms with Crippen molar-refractivity contribution in [3.05, 3.63) is 77.9 Å². The number of carbonyl (C=O) groups is 2. The van der Waals surface area contributed by atoms with Crippen molar-refractivity contribution in [1.29, 1.82) is 0 Å². The lowest BCUT2D eigenvalue weighted by Gasteiger charge is -2.31. The molecule has 182 valence electrons. The predicted octanol–water partition coefficient (Wildman–Crippen LogP) is 3.37. The van der Waals surface area contributed by atoms with Crippen molar-refractivity contribution < 1.29 is 18.0 Å². The van der Waals surface area contributed by atoms with Gasteiger partial charge in [0.25, 0.3) is 5.91 Å². The van der Waals surface area contributed by atoms with E-state index < -0.39 is 10.0 Å². The molecule has 0 atom stereocenters. The molecular formula is C26H33N3O4S. The fourth-order valence-electron chi connectivity index (χ4n) is 3.83. The van der Waals surface area contributed by atoms with Gasteiger partial charge in [0.05, 0.1) is 4.90 Å². The van der Waals surface area contributed by atoms with Gasteiger partial charge in [-0.3, -0.25) is 9.59 Å². The minimum atomic E-state index is -3.66. The third kappa shape index (κ3) is 6.33. The molecular weight excluding hydrogens is 450 g/mol. The third-order valence-corrected chi connectivity index (χ3v) is 7.93. The monoisotopic (exact) mass is 483 g/mol. The molecule has 8 heteroatoms. The smallest absolute Gasteiger partial charge is 0.251 e. The summed E-state index contributed by atoms with van der Waals surface area (Å²) in [5.74, 6) is -0.514. The van der Waals surface area contributed by atoms with Gasteiger partial charge in [-0.2, -0.15) is 4.31 Å². The van der Waals surface area contributed by atoms with E-state index in [4.69, 9.17) is 0 Å². The summed E-state index contributed by atoms with van der Waals surface area (Å²) in [6.45, 7) is 10.9. The summed E-state index contributed by atoms with van der Waals surface area (Å²) in [6.07, 6.45) is 2.29. The Hall–Kier alpha value is -2.97. The second-order valence-electron chi connectivity index (χ2n) is 9.55. The van der Waals surface area contributed by atoms with Gasteiger partial charge in [0.2, 0.25) is 15.9 Å². The summed E-state index contributed by atoms with van der Waals surface area (Å²) in [6, 6.07) is 14.1. The molecule has 0 radical (unpaired) electrons. The molecule has 1 saturated heterocycles. The summed E-state index contributed by atoms with van der Waals surface area (Å²) in [5, 5.41) is 5.69. The lowest BCUT2D eigenvalue weighted by atomic mass is 9.87. The standard InChI is InChI=1S/C26H33N3O4S/c1-5-24(30)28-22-14-16-29(17-15-22)34(32,33)23-12-8-20(9-13-23)25(31)27-18-19-6-10-21(11-7-19)26(2,3)4/h5-13,22H,1,14-18H2,2-4H3,(H,27,31)(H,28,30). The Labute approximate surface area is 202 Å². The molecule has 2 aromatic carbocycles. The number of hydrogen-bond acceptors (Lipinski definition) is 4. The molecule has 1 aliphatic heterocycles. The van der Waals surface area contributed by atoms with Gasteiger partial charge in [0.15, 0.2) is 0 Å². The first-order valence-corrected chi connectivity index (χ1v) is 12.9. The third-order valence-electron chi connectivity index (χ3n) is 6.01. The molecule has 2 amide bonds. The summed E-state index contributed by atoms with van der Waals surface area (Å²) >= 11 is 0. The number of amides is 2. The first-order valence-electron chi connectivity index (χ1n) is 11.4. The van der Waals surface area contributed by atoms with Crippen LogP contribution in [0.2, 0.25) is 0 Å². The first kappa shape index (κ1) is 25.6. The van der Waals surface area contributed by atoms with Crippen molar-refractivity contribution in [2.45, 2.75) is 56.5 Å². The van der Waals surface area contributed by atoms with E-state index in [0.29, 0.717) is 38.0 Å². The zero-order valence-corrected chi connectivity index (χ0v) is 20.8. The van der Waals surface area contributed by atoms with Crippen LogP contribution in [0.4, 0.5) is 0 Å². The van der Waals surface area contributed by atoms with Crippen molar-refractivity contribution in [2.24, 2.45) is 0 Å². The molecule has 0 saturated carbocycles. The highest BCUT2D eigenvalue weighted by Crippen LogP contribution is 2.23. The molecule has 34 heavy (non-hydrogen) atoms. The van der Waals surface area contributed by atoms with E-state index in [9.17, 15) is 18.0 Å². The van der Waals surface area contributed by atoms with E-state index in [-0.39, 0.29) is 28.2 Å². The Morgan fingerprint density at radius 1 is 1.03 bits per heavy atom. The number of rotatable bonds is 7. The first-order chi connectivity index (χ1) is 16.0. The average molecular weight is 484 g/mol. The van der Waals surface area contributed by atoms with Crippen molar-refractivity contribution in [3.63, 3.8) is 0 Å². The summed E-state index contributed by atoms with van der Waals surface area (Å²) in [7, 11) is -3.66. The maximum atomic E-state index is 13.0. The highest BCUT2D eigenvalue weighted by molar-refractivity contribution is 7.89. The zero-order valence-electron chi connectivity index (χ0n) is 20.0. The maximum absolute atomic E-state index is 13.0. The van der Waals surface area contributed by atoms with Gasteiger partial charge in [-0.1, -0.05) is 51.6 Å². The topological polar surface area (TPSA) is 95.6 Å². The van der Waals surface area contributed by atoms with Crippen LogP contribution in [0.1, 0.15) is 55.1 Å². The van der Waals surface area contributed by atoms with Crippen LogP contribution in [-0.2, 0) is 26.8 Å². The van der Waals surface area contributed by atoms with Crippen molar-refractivity contribution in [3.8, 4) is 0 Å². The Balaban J connectivity index is 1.57. The molecule has 3 rings (SSSR count). The van der Waals surface area contributed by atoms with Crippen LogP contribution in [0, 0.1) is 0 Å². The van der Waals surface area contributed by atoms with Crippen molar-refractivity contribution >= 4 is 21.8 Å². The normalized spacial score (nSPS) is 15.5. The molecule has 0 aromatic heterocycles. The number of nitrogens with zero attached hydrogens (tertiary/aromatic N) is 1. The quantitative estimate of drug-likeness (QED) is 0.591.